The van der Waals surface area contributed by atoms with Gasteiger partial charge in [-0.2, -0.15) is 0 Å². The number of nitrogens with zero attached hydrogens (tertiary/aromatic N) is 2. The van der Waals surface area contributed by atoms with Gasteiger partial charge in [-0.1, -0.05) is 26.0 Å². The molecule has 0 spiro atoms. The molecule has 5 nitrogen and oxygen atoms in total. The summed E-state index contributed by atoms with van der Waals surface area (Å²) in [6.07, 6.45) is 0. The smallest absolute Gasteiger partial charge is 0.274 e. The predicted octanol–water partition coefficient (Wildman–Crippen LogP) is 5.04. The molecule has 3 aromatic rings. The first-order chi connectivity index (χ1) is 12.9. The Kier molecular flexibility index (Phi) is 5.45. The third kappa shape index (κ3) is 4.88. The van der Waals surface area contributed by atoms with Gasteiger partial charge in [0.1, 0.15) is 11.5 Å². The highest BCUT2D eigenvalue weighted by atomic mass is 19.1. The molecule has 0 saturated heterocycles. The molecule has 138 valence electrons. The van der Waals surface area contributed by atoms with Crippen molar-refractivity contribution in [1.29, 1.82) is 0 Å². The second kappa shape index (κ2) is 7.95. The molecule has 0 bridgehead atoms. The van der Waals surface area contributed by atoms with E-state index < -0.39 is 0 Å². The normalized spacial score (nSPS) is 10.7. The molecule has 0 aliphatic carbocycles. The molecule has 2 N–H and O–H groups in total. The van der Waals surface area contributed by atoms with Crippen LogP contribution in [0.4, 0.5) is 21.7 Å². The van der Waals surface area contributed by atoms with E-state index >= 15 is 0 Å². The molecule has 1 heterocycles. The van der Waals surface area contributed by atoms with Crippen molar-refractivity contribution in [2.45, 2.75) is 26.7 Å². The maximum absolute atomic E-state index is 13.0. The maximum Gasteiger partial charge on any atom is 0.274 e. The summed E-state index contributed by atoms with van der Waals surface area (Å²) in [5.41, 5.74) is 3.47. The lowest BCUT2D eigenvalue weighted by molar-refractivity contribution is 0.102. The van der Waals surface area contributed by atoms with Crippen LogP contribution < -0.4 is 10.6 Å². The number of anilines is 3. The minimum Gasteiger partial charge on any atom is -0.324 e. The van der Waals surface area contributed by atoms with Crippen LogP contribution in [-0.4, -0.2) is 15.9 Å². The van der Waals surface area contributed by atoms with Gasteiger partial charge in [0, 0.05) is 17.1 Å². The van der Waals surface area contributed by atoms with E-state index in [0.29, 0.717) is 23.2 Å². The zero-order valence-electron chi connectivity index (χ0n) is 15.5. The lowest BCUT2D eigenvalue weighted by Crippen LogP contribution is -2.15. The average molecular weight is 364 g/mol. The molecule has 27 heavy (non-hydrogen) atoms. The quantitative estimate of drug-likeness (QED) is 0.665. The molecule has 3 rings (SSSR count). The van der Waals surface area contributed by atoms with Crippen molar-refractivity contribution in [3.63, 3.8) is 0 Å². The number of amides is 1. The highest BCUT2D eigenvalue weighted by molar-refractivity contribution is 6.03. The first kappa shape index (κ1) is 18.5. The van der Waals surface area contributed by atoms with Gasteiger partial charge in [0.05, 0.1) is 0 Å². The van der Waals surface area contributed by atoms with Gasteiger partial charge in [-0.3, -0.25) is 4.79 Å². The minimum absolute atomic E-state index is 0.230. The van der Waals surface area contributed by atoms with E-state index in [1.807, 2.05) is 24.3 Å². The van der Waals surface area contributed by atoms with E-state index in [4.69, 9.17) is 0 Å². The van der Waals surface area contributed by atoms with E-state index in [9.17, 15) is 9.18 Å². The largest absolute Gasteiger partial charge is 0.324 e. The molecule has 0 atom stereocenters. The fourth-order valence-electron chi connectivity index (χ4n) is 2.55. The number of hydrogen-bond donors (Lipinski definition) is 2. The summed E-state index contributed by atoms with van der Waals surface area (Å²) in [6.45, 7) is 6.07. The summed E-state index contributed by atoms with van der Waals surface area (Å²) in [6, 6.07) is 15.2. The summed E-state index contributed by atoms with van der Waals surface area (Å²) in [5, 5.41) is 5.83. The first-order valence-electron chi connectivity index (χ1n) is 8.70. The Morgan fingerprint density at radius 3 is 2.22 bits per heavy atom. The molecule has 0 aliphatic rings. The number of carbonyl (C=O) groups is 1. The monoisotopic (exact) mass is 364 g/mol. The van der Waals surface area contributed by atoms with Gasteiger partial charge >= 0.3 is 0 Å². The van der Waals surface area contributed by atoms with Crippen LogP contribution in [-0.2, 0) is 0 Å². The van der Waals surface area contributed by atoms with Crippen LogP contribution >= 0.6 is 0 Å². The van der Waals surface area contributed by atoms with Crippen molar-refractivity contribution < 1.29 is 9.18 Å². The molecule has 6 heteroatoms. The van der Waals surface area contributed by atoms with Crippen molar-refractivity contribution in [2.24, 2.45) is 0 Å². The highest BCUT2D eigenvalue weighted by Gasteiger charge is 2.11. The van der Waals surface area contributed by atoms with Gasteiger partial charge in [0.25, 0.3) is 5.91 Å². The number of benzene rings is 2. The number of aryl methyl sites for hydroxylation is 1. The van der Waals surface area contributed by atoms with Gasteiger partial charge in [0.2, 0.25) is 5.95 Å². The Morgan fingerprint density at radius 1 is 0.963 bits per heavy atom. The van der Waals surface area contributed by atoms with E-state index in [1.165, 1.54) is 29.8 Å². The average Bonchev–Trinajstić information content (AvgIpc) is 2.63. The summed E-state index contributed by atoms with van der Waals surface area (Å²) < 4.78 is 13.0. The SMILES string of the molecule is Cc1cc(C(=O)Nc2ccc(F)cc2)nc(Nc2ccc(C(C)C)cc2)n1. The Balaban J connectivity index is 1.77. The molecular weight excluding hydrogens is 343 g/mol. The number of aromatic nitrogens is 2. The number of rotatable bonds is 5. The predicted molar refractivity (Wildman–Crippen MR) is 105 cm³/mol. The van der Waals surface area contributed by atoms with Crippen LogP contribution in [0.1, 0.15) is 41.5 Å². The second-order valence-corrected chi connectivity index (χ2v) is 6.58. The molecule has 1 aromatic heterocycles. The van der Waals surface area contributed by atoms with Crippen LogP contribution in [0, 0.1) is 12.7 Å². The van der Waals surface area contributed by atoms with Crippen molar-refractivity contribution in [1.82, 2.24) is 9.97 Å². The molecule has 0 radical (unpaired) electrons. The molecule has 0 unspecified atom stereocenters. The number of nitrogens with one attached hydrogen (secondary N) is 2. The third-order valence-corrected chi connectivity index (χ3v) is 4.02. The van der Waals surface area contributed by atoms with E-state index in [-0.39, 0.29) is 17.4 Å². The van der Waals surface area contributed by atoms with Crippen LogP contribution in [0.15, 0.2) is 54.6 Å². The van der Waals surface area contributed by atoms with Gasteiger partial charge in [-0.25, -0.2) is 14.4 Å². The minimum atomic E-state index is -0.384. The fraction of sp³-hybridized carbons (Fsp3) is 0.190. The van der Waals surface area contributed by atoms with Gasteiger partial charge < -0.3 is 10.6 Å². The Bertz CT molecular complexity index is 937. The van der Waals surface area contributed by atoms with Crippen LogP contribution in [0.25, 0.3) is 0 Å². The van der Waals surface area contributed by atoms with Crippen molar-refractivity contribution >= 4 is 23.2 Å². The molecule has 0 aliphatic heterocycles. The second-order valence-electron chi connectivity index (χ2n) is 6.58. The Morgan fingerprint density at radius 2 is 1.59 bits per heavy atom. The van der Waals surface area contributed by atoms with E-state index in [1.54, 1.807) is 13.0 Å². The number of halogens is 1. The van der Waals surface area contributed by atoms with Crippen molar-refractivity contribution in [2.75, 3.05) is 10.6 Å². The molecule has 0 fully saturated rings. The summed E-state index contributed by atoms with van der Waals surface area (Å²) >= 11 is 0. The Hall–Kier alpha value is -3.28. The van der Waals surface area contributed by atoms with Crippen molar-refractivity contribution in [3.8, 4) is 0 Å². The standard InChI is InChI=1S/C21H21FN4O/c1-13(2)15-4-8-18(9-5-15)25-21-23-14(3)12-19(26-21)20(27)24-17-10-6-16(22)7-11-17/h4-13H,1-3H3,(H,24,27)(H,23,25,26). The molecule has 0 saturated carbocycles. The molecule has 1 amide bonds. The summed E-state index contributed by atoms with van der Waals surface area (Å²) in [4.78, 5) is 21.1. The summed E-state index contributed by atoms with van der Waals surface area (Å²) in [7, 11) is 0. The lowest BCUT2D eigenvalue weighted by atomic mass is 10.0. The highest BCUT2D eigenvalue weighted by Crippen LogP contribution is 2.19. The van der Waals surface area contributed by atoms with E-state index in [2.05, 4.69) is 34.4 Å². The zero-order valence-corrected chi connectivity index (χ0v) is 15.5. The maximum atomic E-state index is 13.0. The fourth-order valence-corrected chi connectivity index (χ4v) is 2.55. The molecule has 2 aromatic carbocycles. The topological polar surface area (TPSA) is 66.9 Å². The first-order valence-corrected chi connectivity index (χ1v) is 8.70. The zero-order chi connectivity index (χ0) is 19.4. The van der Waals surface area contributed by atoms with Crippen LogP contribution in [0.5, 0.6) is 0 Å². The summed E-state index contributed by atoms with van der Waals surface area (Å²) in [5.74, 6) is 0.0544. The van der Waals surface area contributed by atoms with Crippen molar-refractivity contribution in [3.05, 3.63) is 77.4 Å². The van der Waals surface area contributed by atoms with Gasteiger partial charge in [-0.15, -0.1) is 0 Å². The van der Waals surface area contributed by atoms with Gasteiger partial charge in [-0.05, 0) is 60.9 Å². The third-order valence-electron chi connectivity index (χ3n) is 4.02. The lowest BCUT2D eigenvalue weighted by Gasteiger charge is -2.10. The Labute approximate surface area is 157 Å². The molecular formula is C21H21FN4O. The van der Waals surface area contributed by atoms with Crippen LogP contribution in [0.3, 0.4) is 0 Å². The number of hydrogen-bond acceptors (Lipinski definition) is 4. The van der Waals surface area contributed by atoms with Gasteiger partial charge in [0.15, 0.2) is 0 Å². The number of carbonyl (C=O) groups excluding carboxylic acids is 1. The van der Waals surface area contributed by atoms with Crippen LogP contribution in [0.2, 0.25) is 0 Å². The van der Waals surface area contributed by atoms with E-state index in [0.717, 1.165) is 5.69 Å².